The van der Waals surface area contributed by atoms with E-state index in [4.69, 9.17) is 5.73 Å². The molecule has 2 heterocycles. The maximum atomic E-state index is 12.8. The molecule has 7 nitrogen and oxygen atoms in total. The summed E-state index contributed by atoms with van der Waals surface area (Å²) in [5, 5.41) is 13.6. The van der Waals surface area contributed by atoms with Crippen LogP contribution in [0.5, 0.6) is 0 Å². The van der Waals surface area contributed by atoms with Crippen LogP contribution in [-0.4, -0.2) is 24.3 Å². The second-order valence-corrected chi connectivity index (χ2v) is 5.56. The highest BCUT2D eigenvalue weighted by Crippen LogP contribution is 2.18. The topological polar surface area (TPSA) is 98.4 Å². The molecule has 0 fully saturated rings. The van der Waals surface area contributed by atoms with Gasteiger partial charge < -0.3 is 10.8 Å². The highest BCUT2D eigenvalue weighted by atomic mass is 16.3. The first-order valence-corrected chi connectivity index (χ1v) is 7.50. The zero-order valence-corrected chi connectivity index (χ0v) is 12.8. The van der Waals surface area contributed by atoms with Crippen LogP contribution in [0.1, 0.15) is 11.1 Å². The molecule has 0 amide bonds. The van der Waals surface area contributed by atoms with Gasteiger partial charge in [0.2, 0.25) is 5.65 Å². The molecule has 0 aliphatic rings. The lowest BCUT2D eigenvalue weighted by Gasteiger charge is -2.03. The predicted octanol–water partition coefficient (Wildman–Crippen LogP) is 1.17. The summed E-state index contributed by atoms with van der Waals surface area (Å²) in [6.45, 7) is 0.259. The van der Waals surface area contributed by atoms with E-state index in [2.05, 4.69) is 10.1 Å². The summed E-state index contributed by atoms with van der Waals surface area (Å²) < 4.78 is 2.84. The van der Waals surface area contributed by atoms with Gasteiger partial charge in [0, 0.05) is 0 Å². The lowest BCUT2D eigenvalue weighted by molar-refractivity contribution is 0.282. The van der Waals surface area contributed by atoms with E-state index < -0.39 is 0 Å². The van der Waals surface area contributed by atoms with Gasteiger partial charge in [-0.3, -0.25) is 0 Å². The SMILES string of the molecule is Nc1nc2cc(CO)ccc2n2c(=O)n(Cc3ccccc3)nc12. The van der Waals surface area contributed by atoms with E-state index in [-0.39, 0.29) is 18.1 Å². The van der Waals surface area contributed by atoms with E-state index in [1.54, 1.807) is 18.2 Å². The Morgan fingerprint density at radius 2 is 1.88 bits per heavy atom. The van der Waals surface area contributed by atoms with E-state index in [0.717, 1.165) is 5.56 Å². The molecule has 0 saturated carbocycles. The number of nitrogens with zero attached hydrogens (tertiary/aromatic N) is 4. The summed E-state index contributed by atoms with van der Waals surface area (Å²) in [5.41, 5.74) is 8.88. The Kier molecular flexibility index (Phi) is 3.28. The van der Waals surface area contributed by atoms with Gasteiger partial charge in [-0.1, -0.05) is 36.4 Å². The van der Waals surface area contributed by atoms with Crippen LogP contribution in [0.3, 0.4) is 0 Å². The Morgan fingerprint density at radius 1 is 1.08 bits per heavy atom. The van der Waals surface area contributed by atoms with Crippen LogP contribution in [-0.2, 0) is 13.2 Å². The molecule has 4 aromatic rings. The number of nitrogens with two attached hydrogens (primary N) is 1. The zero-order chi connectivity index (χ0) is 16.7. The van der Waals surface area contributed by atoms with Gasteiger partial charge in [0.05, 0.1) is 24.2 Å². The molecule has 24 heavy (non-hydrogen) atoms. The number of fused-ring (bicyclic) bond motifs is 3. The third kappa shape index (κ3) is 2.22. The summed E-state index contributed by atoms with van der Waals surface area (Å²) in [7, 11) is 0. The fraction of sp³-hybridized carbons (Fsp3) is 0.118. The third-order valence-corrected chi connectivity index (χ3v) is 3.95. The largest absolute Gasteiger partial charge is 0.392 e. The first-order chi connectivity index (χ1) is 11.7. The van der Waals surface area contributed by atoms with Gasteiger partial charge in [-0.2, -0.15) is 0 Å². The van der Waals surface area contributed by atoms with Gasteiger partial charge in [0.25, 0.3) is 0 Å². The van der Waals surface area contributed by atoms with Crippen molar-refractivity contribution in [2.45, 2.75) is 13.2 Å². The Bertz CT molecular complexity index is 1100. The Hall–Kier alpha value is -3.19. The molecule has 0 bridgehead atoms. The van der Waals surface area contributed by atoms with E-state index in [0.29, 0.717) is 28.8 Å². The zero-order valence-electron chi connectivity index (χ0n) is 12.8. The van der Waals surface area contributed by atoms with E-state index in [1.165, 1.54) is 9.08 Å². The van der Waals surface area contributed by atoms with E-state index >= 15 is 0 Å². The van der Waals surface area contributed by atoms with Crippen LogP contribution < -0.4 is 11.4 Å². The smallest absolute Gasteiger partial charge is 0.351 e. The molecule has 0 saturated heterocycles. The van der Waals surface area contributed by atoms with Crippen LogP contribution >= 0.6 is 0 Å². The Balaban J connectivity index is 1.96. The van der Waals surface area contributed by atoms with Gasteiger partial charge in [-0.15, -0.1) is 5.10 Å². The average Bonchev–Trinajstić information content (AvgIpc) is 2.93. The lowest BCUT2D eigenvalue weighted by Crippen LogP contribution is -2.22. The van der Waals surface area contributed by atoms with Crippen molar-refractivity contribution >= 4 is 22.5 Å². The van der Waals surface area contributed by atoms with E-state index in [1.807, 2.05) is 30.3 Å². The summed E-state index contributed by atoms with van der Waals surface area (Å²) in [6.07, 6.45) is 0. The number of anilines is 1. The second-order valence-electron chi connectivity index (χ2n) is 5.56. The summed E-state index contributed by atoms with van der Waals surface area (Å²) in [6, 6.07) is 14.8. The maximum Gasteiger partial charge on any atom is 0.351 e. The fourth-order valence-electron chi connectivity index (χ4n) is 2.78. The third-order valence-electron chi connectivity index (χ3n) is 3.95. The van der Waals surface area contributed by atoms with Crippen molar-refractivity contribution in [3.05, 3.63) is 70.1 Å². The number of nitrogen functional groups attached to an aromatic ring is 1. The van der Waals surface area contributed by atoms with Crippen LogP contribution in [0.4, 0.5) is 5.82 Å². The molecule has 0 atom stereocenters. The highest BCUT2D eigenvalue weighted by Gasteiger charge is 2.14. The molecule has 3 N–H and O–H groups in total. The van der Waals surface area contributed by atoms with Crippen LogP contribution in [0.2, 0.25) is 0 Å². The number of benzene rings is 2. The van der Waals surface area contributed by atoms with Crippen LogP contribution in [0, 0.1) is 0 Å². The molecular weight excluding hydrogens is 306 g/mol. The normalized spacial score (nSPS) is 11.4. The lowest BCUT2D eigenvalue weighted by atomic mass is 10.2. The Morgan fingerprint density at radius 3 is 2.62 bits per heavy atom. The molecule has 7 heteroatoms. The standard InChI is InChI=1S/C17H15N5O2/c18-15-16-20-21(9-11-4-2-1-3-5-11)17(24)22(16)14-7-6-12(10-23)8-13(14)19-15/h1-8,23H,9-10H2,(H2,18,19). The molecule has 2 aromatic heterocycles. The molecule has 0 radical (unpaired) electrons. The van der Waals surface area contributed by atoms with E-state index in [9.17, 15) is 9.90 Å². The number of hydrogen-bond donors (Lipinski definition) is 2. The van der Waals surface area contributed by atoms with Crippen molar-refractivity contribution in [1.29, 1.82) is 0 Å². The van der Waals surface area contributed by atoms with Crippen LogP contribution in [0.15, 0.2) is 53.3 Å². The molecule has 0 unspecified atom stereocenters. The number of aliphatic hydroxyl groups is 1. The van der Waals surface area contributed by atoms with Gasteiger partial charge in [0.15, 0.2) is 5.82 Å². The van der Waals surface area contributed by atoms with Gasteiger partial charge in [0.1, 0.15) is 0 Å². The van der Waals surface area contributed by atoms with Crippen molar-refractivity contribution in [1.82, 2.24) is 19.2 Å². The molecule has 120 valence electrons. The van der Waals surface area contributed by atoms with Crippen LogP contribution in [0.25, 0.3) is 16.7 Å². The first-order valence-electron chi connectivity index (χ1n) is 7.50. The quantitative estimate of drug-likeness (QED) is 0.590. The van der Waals surface area contributed by atoms with Crippen molar-refractivity contribution in [3.63, 3.8) is 0 Å². The fourth-order valence-corrected chi connectivity index (χ4v) is 2.78. The maximum absolute atomic E-state index is 12.8. The van der Waals surface area contributed by atoms with Crippen molar-refractivity contribution < 1.29 is 5.11 Å². The minimum absolute atomic E-state index is 0.0995. The molecule has 0 aliphatic carbocycles. The van der Waals surface area contributed by atoms with Gasteiger partial charge in [-0.25, -0.2) is 18.9 Å². The second kappa shape index (κ2) is 5.47. The van der Waals surface area contributed by atoms with Gasteiger partial charge in [-0.05, 0) is 23.3 Å². The molecule has 4 rings (SSSR count). The number of aromatic nitrogens is 4. The number of rotatable bonds is 3. The summed E-state index contributed by atoms with van der Waals surface area (Å²) >= 11 is 0. The van der Waals surface area contributed by atoms with Crippen molar-refractivity contribution in [2.75, 3.05) is 5.73 Å². The monoisotopic (exact) mass is 321 g/mol. The van der Waals surface area contributed by atoms with Crippen molar-refractivity contribution in [3.8, 4) is 0 Å². The molecule has 0 aliphatic heterocycles. The minimum atomic E-state index is -0.273. The Labute approximate surface area is 136 Å². The molecule has 2 aromatic carbocycles. The average molecular weight is 321 g/mol. The van der Waals surface area contributed by atoms with Gasteiger partial charge >= 0.3 is 5.69 Å². The molecule has 0 spiro atoms. The molecular formula is C17H15N5O2. The van der Waals surface area contributed by atoms with Crippen molar-refractivity contribution in [2.24, 2.45) is 0 Å². The summed E-state index contributed by atoms with van der Waals surface area (Å²) in [4.78, 5) is 17.1. The first kappa shape index (κ1) is 14.4. The number of aliphatic hydroxyl groups excluding tert-OH is 1. The summed E-state index contributed by atoms with van der Waals surface area (Å²) in [5.74, 6) is 0.182. The number of hydrogen-bond acceptors (Lipinski definition) is 5. The highest BCUT2D eigenvalue weighted by molar-refractivity contribution is 5.82. The predicted molar refractivity (Wildman–Crippen MR) is 90.6 cm³/mol. The minimum Gasteiger partial charge on any atom is -0.392 e.